The average Bonchev–Trinajstić information content (AvgIpc) is 3.44. The van der Waals surface area contributed by atoms with E-state index in [0.717, 1.165) is 32.0 Å². The molecule has 5 atom stereocenters. The van der Waals surface area contributed by atoms with Crippen LogP contribution in [-0.4, -0.2) is 62.1 Å². The number of benzene rings is 1. The van der Waals surface area contributed by atoms with Crippen LogP contribution in [0.3, 0.4) is 0 Å². The van der Waals surface area contributed by atoms with Gasteiger partial charge in [0.05, 0.1) is 40.3 Å². The highest BCUT2D eigenvalue weighted by Gasteiger charge is 2.43. The SMILES string of the molecule is CO[C@@H]1[C@H](O)[C@@H](CO)C[C@H]1Nc1nc(N[C@H](C)c2ccc(C)cc2)nc(C)c1-c1nc2cnccc2s1. The fourth-order valence-electron chi connectivity index (χ4n) is 4.93. The topological polar surface area (TPSA) is 125 Å². The van der Waals surface area contributed by atoms with Crippen molar-refractivity contribution in [3.8, 4) is 10.6 Å². The van der Waals surface area contributed by atoms with Crippen molar-refractivity contribution in [2.24, 2.45) is 5.92 Å². The van der Waals surface area contributed by atoms with Gasteiger partial charge < -0.3 is 25.6 Å². The maximum absolute atomic E-state index is 10.7. The molecule has 4 aromatic rings. The van der Waals surface area contributed by atoms with Gasteiger partial charge in [0.2, 0.25) is 5.95 Å². The molecule has 3 aromatic heterocycles. The predicted molar refractivity (Wildman–Crippen MR) is 146 cm³/mol. The van der Waals surface area contributed by atoms with Gasteiger partial charge in [0.15, 0.2) is 0 Å². The fraction of sp³-hybridized carbons (Fsp3) is 0.407. The van der Waals surface area contributed by atoms with Crippen LogP contribution in [-0.2, 0) is 4.74 Å². The van der Waals surface area contributed by atoms with Gasteiger partial charge in [-0.25, -0.2) is 9.97 Å². The molecule has 0 spiro atoms. The van der Waals surface area contributed by atoms with E-state index in [1.54, 1.807) is 30.8 Å². The summed E-state index contributed by atoms with van der Waals surface area (Å²) in [5, 5.41) is 28.2. The molecule has 5 rings (SSSR count). The van der Waals surface area contributed by atoms with Gasteiger partial charge in [-0.15, -0.1) is 11.3 Å². The summed E-state index contributed by atoms with van der Waals surface area (Å²) in [7, 11) is 1.57. The number of nitrogens with one attached hydrogen (secondary N) is 2. The molecule has 3 heterocycles. The molecule has 0 amide bonds. The molecule has 0 bridgehead atoms. The van der Waals surface area contributed by atoms with Crippen LogP contribution < -0.4 is 10.6 Å². The van der Waals surface area contributed by atoms with Crippen LogP contribution in [0.4, 0.5) is 11.8 Å². The van der Waals surface area contributed by atoms with E-state index in [-0.39, 0.29) is 24.6 Å². The van der Waals surface area contributed by atoms with Crippen LogP contribution in [0.15, 0.2) is 42.7 Å². The van der Waals surface area contributed by atoms with Crippen LogP contribution in [0.2, 0.25) is 0 Å². The third-order valence-corrected chi connectivity index (χ3v) is 8.07. The second kappa shape index (κ2) is 10.7. The Morgan fingerprint density at radius 1 is 1.14 bits per heavy atom. The van der Waals surface area contributed by atoms with Crippen molar-refractivity contribution in [2.75, 3.05) is 24.4 Å². The third kappa shape index (κ3) is 5.15. The van der Waals surface area contributed by atoms with Crippen LogP contribution in [0.1, 0.15) is 36.2 Å². The number of thiazole rings is 1. The number of ether oxygens (including phenoxy) is 1. The summed E-state index contributed by atoms with van der Waals surface area (Å²) in [4.78, 5) is 18.7. The quantitative estimate of drug-likeness (QED) is 0.272. The molecule has 0 radical (unpaired) electrons. The molecule has 0 aliphatic heterocycles. The summed E-state index contributed by atoms with van der Waals surface area (Å²) < 4.78 is 6.65. The Bertz CT molecular complexity index is 1350. The minimum Gasteiger partial charge on any atom is -0.396 e. The third-order valence-electron chi connectivity index (χ3n) is 7.02. The van der Waals surface area contributed by atoms with Gasteiger partial charge in [-0.1, -0.05) is 29.8 Å². The van der Waals surface area contributed by atoms with Gasteiger partial charge in [0.1, 0.15) is 22.4 Å². The minimum atomic E-state index is -0.772. The van der Waals surface area contributed by atoms with E-state index in [1.807, 2.05) is 13.0 Å². The molecular formula is C27H32N6O3S. The Labute approximate surface area is 220 Å². The lowest BCUT2D eigenvalue weighted by atomic mass is 10.1. The molecule has 10 heteroatoms. The Morgan fingerprint density at radius 3 is 2.62 bits per heavy atom. The van der Waals surface area contributed by atoms with Crippen molar-refractivity contribution >= 4 is 33.3 Å². The minimum absolute atomic E-state index is 0.00831. The van der Waals surface area contributed by atoms with E-state index >= 15 is 0 Å². The zero-order chi connectivity index (χ0) is 26.1. The van der Waals surface area contributed by atoms with E-state index < -0.39 is 12.2 Å². The monoisotopic (exact) mass is 520 g/mol. The van der Waals surface area contributed by atoms with E-state index in [0.29, 0.717) is 18.2 Å². The van der Waals surface area contributed by atoms with E-state index in [4.69, 9.17) is 19.7 Å². The molecule has 9 nitrogen and oxygen atoms in total. The van der Waals surface area contributed by atoms with Gasteiger partial charge in [-0.3, -0.25) is 4.98 Å². The Morgan fingerprint density at radius 2 is 1.92 bits per heavy atom. The van der Waals surface area contributed by atoms with Crippen molar-refractivity contribution in [2.45, 2.75) is 51.5 Å². The number of hydrogen-bond donors (Lipinski definition) is 4. The second-order valence-electron chi connectivity index (χ2n) is 9.62. The van der Waals surface area contributed by atoms with Crippen molar-refractivity contribution in [1.82, 2.24) is 19.9 Å². The maximum Gasteiger partial charge on any atom is 0.225 e. The largest absolute Gasteiger partial charge is 0.396 e. The lowest BCUT2D eigenvalue weighted by molar-refractivity contribution is -0.0200. The molecule has 1 aliphatic carbocycles. The number of anilines is 2. The molecule has 1 saturated carbocycles. The number of pyridine rings is 1. The number of aryl methyl sites for hydroxylation is 2. The summed E-state index contributed by atoms with van der Waals surface area (Å²) in [6.45, 7) is 5.98. The van der Waals surface area contributed by atoms with Crippen LogP contribution in [0, 0.1) is 19.8 Å². The summed E-state index contributed by atoms with van der Waals surface area (Å²) in [6.07, 6.45) is 2.79. The number of fused-ring (bicyclic) bond motifs is 1. The standard InChI is InChI=1S/C27H32N6O3S/c1-14-5-7-17(8-6-14)15(2)29-27-30-16(3)22(26-32-20-12-28-10-9-21(20)37-26)25(33-27)31-19-11-18(13-34)23(35)24(19)36-4/h5-10,12,15,18-19,23-24,34-35H,11,13H2,1-4H3,(H2,29,30,31,33)/t15-,18-,19-,23-,24+/m1/s1. The molecule has 1 fully saturated rings. The average molecular weight is 521 g/mol. The van der Waals surface area contributed by atoms with Gasteiger partial charge in [-0.05, 0) is 38.8 Å². The highest BCUT2D eigenvalue weighted by molar-refractivity contribution is 7.21. The smallest absolute Gasteiger partial charge is 0.225 e. The number of rotatable bonds is 8. The summed E-state index contributed by atoms with van der Waals surface area (Å²) in [5.74, 6) is 0.822. The lowest BCUT2D eigenvalue weighted by Crippen LogP contribution is -2.37. The Kier molecular flexibility index (Phi) is 7.34. The first-order chi connectivity index (χ1) is 17.9. The molecule has 1 aliphatic rings. The maximum atomic E-state index is 10.7. The van der Waals surface area contributed by atoms with E-state index in [1.165, 1.54) is 5.56 Å². The highest BCUT2D eigenvalue weighted by atomic mass is 32.1. The zero-order valence-electron chi connectivity index (χ0n) is 21.3. The van der Waals surface area contributed by atoms with Crippen LogP contribution in [0.25, 0.3) is 20.8 Å². The summed E-state index contributed by atoms with van der Waals surface area (Å²) in [6, 6.07) is 10.1. The Hall–Kier alpha value is -3.18. The van der Waals surface area contributed by atoms with Gasteiger partial charge in [0.25, 0.3) is 0 Å². The number of aliphatic hydroxyl groups is 2. The molecule has 0 unspecified atom stereocenters. The number of hydrogen-bond acceptors (Lipinski definition) is 10. The molecule has 0 saturated heterocycles. The molecule has 37 heavy (non-hydrogen) atoms. The van der Waals surface area contributed by atoms with Crippen molar-refractivity contribution in [3.63, 3.8) is 0 Å². The van der Waals surface area contributed by atoms with Crippen molar-refractivity contribution in [3.05, 3.63) is 59.5 Å². The number of aliphatic hydroxyl groups excluding tert-OH is 2. The first-order valence-corrected chi connectivity index (χ1v) is 13.2. The van der Waals surface area contributed by atoms with Gasteiger partial charge >= 0.3 is 0 Å². The highest BCUT2D eigenvalue weighted by Crippen LogP contribution is 2.38. The van der Waals surface area contributed by atoms with Crippen molar-refractivity contribution in [1.29, 1.82) is 0 Å². The molecule has 4 N–H and O–H groups in total. The summed E-state index contributed by atoms with van der Waals surface area (Å²) in [5.41, 5.74) is 4.72. The normalized spacial score (nSPS) is 22.3. The second-order valence-corrected chi connectivity index (χ2v) is 10.6. The summed E-state index contributed by atoms with van der Waals surface area (Å²) >= 11 is 1.55. The van der Waals surface area contributed by atoms with E-state index in [9.17, 15) is 10.2 Å². The zero-order valence-corrected chi connectivity index (χ0v) is 22.2. The predicted octanol–water partition coefficient (Wildman–Crippen LogP) is 4.11. The first kappa shape index (κ1) is 25.5. The number of nitrogens with zero attached hydrogens (tertiary/aromatic N) is 4. The lowest BCUT2D eigenvalue weighted by Gasteiger charge is -2.24. The van der Waals surface area contributed by atoms with Crippen LogP contribution >= 0.6 is 11.3 Å². The molecule has 194 valence electrons. The number of methoxy groups -OCH3 is 1. The van der Waals surface area contributed by atoms with E-state index in [2.05, 4.69) is 53.7 Å². The fourth-order valence-corrected chi connectivity index (χ4v) is 5.96. The molecular weight excluding hydrogens is 488 g/mol. The van der Waals surface area contributed by atoms with Crippen LogP contribution in [0.5, 0.6) is 0 Å². The Balaban J connectivity index is 1.53. The molecule has 1 aromatic carbocycles. The van der Waals surface area contributed by atoms with Gasteiger partial charge in [-0.2, -0.15) is 4.98 Å². The van der Waals surface area contributed by atoms with Gasteiger partial charge in [0, 0.05) is 25.8 Å². The number of aromatic nitrogens is 4. The van der Waals surface area contributed by atoms with Crippen molar-refractivity contribution < 1.29 is 14.9 Å². The first-order valence-electron chi connectivity index (χ1n) is 12.4.